The molecule has 0 aliphatic carbocycles. The number of piperazine rings is 1. The monoisotopic (exact) mass is 423 g/mol. The molecule has 1 aliphatic heterocycles. The first kappa shape index (κ1) is 20.5. The summed E-state index contributed by atoms with van der Waals surface area (Å²) in [5, 5.41) is 17.2. The smallest absolute Gasteiger partial charge is 0.410 e. The Hall–Kier alpha value is -3.76. The topological polar surface area (TPSA) is 125 Å². The Morgan fingerprint density at radius 2 is 1.84 bits per heavy atom. The van der Waals surface area contributed by atoms with Crippen LogP contribution in [-0.4, -0.2) is 73.4 Å². The highest BCUT2D eigenvalue weighted by molar-refractivity contribution is 5.68. The lowest BCUT2D eigenvalue weighted by molar-refractivity contribution is 0.0240. The lowest BCUT2D eigenvalue weighted by atomic mass is 10.2. The van der Waals surface area contributed by atoms with E-state index in [1.807, 2.05) is 51.1 Å². The molecular formula is C20H25N9O2. The highest BCUT2D eigenvalue weighted by atomic mass is 16.6. The number of rotatable bonds is 4. The fourth-order valence-corrected chi connectivity index (χ4v) is 3.12. The summed E-state index contributed by atoms with van der Waals surface area (Å²) in [5.74, 6) is 1.85. The molecule has 1 aliphatic rings. The largest absolute Gasteiger partial charge is 0.444 e. The highest BCUT2D eigenvalue weighted by Crippen LogP contribution is 2.21. The van der Waals surface area contributed by atoms with Gasteiger partial charge in [0.2, 0.25) is 11.8 Å². The molecule has 0 bridgehead atoms. The molecule has 1 aromatic carbocycles. The van der Waals surface area contributed by atoms with Gasteiger partial charge >= 0.3 is 6.09 Å². The van der Waals surface area contributed by atoms with Crippen molar-refractivity contribution in [2.75, 3.05) is 36.4 Å². The van der Waals surface area contributed by atoms with Crippen LogP contribution < -0.4 is 10.2 Å². The van der Waals surface area contributed by atoms with Gasteiger partial charge in [-0.15, -0.1) is 10.2 Å². The van der Waals surface area contributed by atoms with Crippen molar-refractivity contribution in [2.45, 2.75) is 26.4 Å². The first-order valence-corrected chi connectivity index (χ1v) is 10.0. The Kier molecular flexibility index (Phi) is 5.65. The van der Waals surface area contributed by atoms with Crippen LogP contribution >= 0.6 is 0 Å². The van der Waals surface area contributed by atoms with Crippen LogP contribution in [0.2, 0.25) is 0 Å². The number of hydrogen-bond donors (Lipinski definition) is 2. The van der Waals surface area contributed by atoms with Gasteiger partial charge in [0.25, 0.3) is 0 Å². The quantitative estimate of drug-likeness (QED) is 0.651. The summed E-state index contributed by atoms with van der Waals surface area (Å²) in [7, 11) is 0. The van der Waals surface area contributed by atoms with E-state index in [2.05, 4.69) is 40.8 Å². The van der Waals surface area contributed by atoms with Crippen LogP contribution in [0, 0.1) is 0 Å². The van der Waals surface area contributed by atoms with E-state index in [1.165, 1.54) is 0 Å². The number of tetrazole rings is 1. The molecular weight excluding hydrogens is 398 g/mol. The zero-order chi connectivity index (χ0) is 21.8. The molecule has 1 fully saturated rings. The molecule has 11 nitrogen and oxygen atoms in total. The van der Waals surface area contributed by atoms with E-state index in [4.69, 9.17) is 4.74 Å². The van der Waals surface area contributed by atoms with Gasteiger partial charge in [0.05, 0.1) is 0 Å². The van der Waals surface area contributed by atoms with E-state index in [9.17, 15) is 4.79 Å². The molecule has 1 amide bonds. The maximum Gasteiger partial charge on any atom is 0.410 e. The van der Waals surface area contributed by atoms with Crippen molar-refractivity contribution < 1.29 is 9.53 Å². The van der Waals surface area contributed by atoms with Gasteiger partial charge in [0.15, 0.2) is 0 Å². The zero-order valence-corrected chi connectivity index (χ0v) is 17.7. The van der Waals surface area contributed by atoms with Gasteiger partial charge in [-0.2, -0.15) is 10.2 Å². The van der Waals surface area contributed by atoms with E-state index < -0.39 is 5.60 Å². The Labute approximate surface area is 179 Å². The molecule has 3 aromatic rings. The third-order valence-corrected chi connectivity index (χ3v) is 4.62. The SMILES string of the molecule is CC(C)(C)OC(=O)N1CCN(c2nccc(Nc3ccc(-c4nn[nH]n4)cc3)n2)CC1. The average molecular weight is 423 g/mol. The first-order valence-electron chi connectivity index (χ1n) is 10.0. The normalized spacial score (nSPS) is 14.4. The highest BCUT2D eigenvalue weighted by Gasteiger charge is 2.26. The predicted octanol–water partition coefficient (Wildman–Crippen LogP) is 2.46. The minimum atomic E-state index is -0.499. The lowest BCUT2D eigenvalue weighted by Gasteiger charge is -2.35. The van der Waals surface area contributed by atoms with Crippen molar-refractivity contribution >= 4 is 23.5 Å². The molecule has 11 heteroatoms. The van der Waals surface area contributed by atoms with Crippen molar-refractivity contribution in [3.05, 3.63) is 36.5 Å². The third kappa shape index (κ3) is 5.24. The second kappa shape index (κ2) is 8.54. The summed E-state index contributed by atoms with van der Waals surface area (Å²) in [5.41, 5.74) is 1.25. The van der Waals surface area contributed by atoms with Gasteiger partial charge < -0.3 is 19.9 Å². The molecule has 0 saturated carbocycles. The van der Waals surface area contributed by atoms with Crippen molar-refractivity contribution in [3.8, 4) is 11.4 Å². The lowest BCUT2D eigenvalue weighted by Crippen LogP contribution is -2.50. The van der Waals surface area contributed by atoms with E-state index in [0.717, 1.165) is 11.3 Å². The second-order valence-corrected chi connectivity index (χ2v) is 8.13. The Morgan fingerprint density at radius 3 is 2.48 bits per heavy atom. The molecule has 0 atom stereocenters. The van der Waals surface area contributed by atoms with Gasteiger partial charge in [-0.25, -0.2) is 9.78 Å². The average Bonchev–Trinajstić information content (AvgIpc) is 3.28. The fraction of sp³-hybridized carbons (Fsp3) is 0.400. The summed E-state index contributed by atoms with van der Waals surface area (Å²) >= 11 is 0. The fourth-order valence-electron chi connectivity index (χ4n) is 3.12. The summed E-state index contributed by atoms with van der Waals surface area (Å²) in [6.45, 7) is 8.01. The van der Waals surface area contributed by atoms with Crippen LogP contribution in [0.25, 0.3) is 11.4 Å². The minimum absolute atomic E-state index is 0.284. The van der Waals surface area contributed by atoms with Gasteiger partial charge in [-0.1, -0.05) is 0 Å². The number of carbonyl (C=O) groups excluding carboxylic acids is 1. The van der Waals surface area contributed by atoms with Crippen LogP contribution in [-0.2, 0) is 4.74 Å². The van der Waals surface area contributed by atoms with Crippen molar-refractivity contribution in [1.29, 1.82) is 0 Å². The Bertz CT molecular complexity index is 1010. The maximum atomic E-state index is 12.2. The molecule has 0 spiro atoms. The number of nitrogens with zero attached hydrogens (tertiary/aromatic N) is 7. The molecule has 2 N–H and O–H groups in total. The number of anilines is 3. The summed E-state index contributed by atoms with van der Waals surface area (Å²) in [6, 6.07) is 9.48. The third-order valence-electron chi connectivity index (χ3n) is 4.62. The van der Waals surface area contributed by atoms with E-state index in [-0.39, 0.29) is 6.09 Å². The standard InChI is InChI=1S/C20H25N9O2/c1-20(2,3)31-19(30)29-12-10-28(11-13-29)18-21-9-8-16(23-18)22-15-6-4-14(5-7-15)17-24-26-27-25-17/h4-9H,10-13H2,1-3H3,(H,21,22,23)(H,24,25,26,27). The number of nitrogens with one attached hydrogen (secondary N) is 2. The minimum Gasteiger partial charge on any atom is -0.444 e. The molecule has 3 heterocycles. The number of carbonyl (C=O) groups is 1. The van der Waals surface area contributed by atoms with Crippen LogP contribution in [0.4, 0.5) is 22.2 Å². The van der Waals surface area contributed by atoms with E-state index in [1.54, 1.807) is 11.1 Å². The Morgan fingerprint density at radius 1 is 1.10 bits per heavy atom. The molecule has 1 saturated heterocycles. The van der Waals surface area contributed by atoms with Gasteiger partial charge in [-0.3, -0.25) is 0 Å². The molecule has 162 valence electrons. The van der Waals surface area contributed by atoms with Crippen molar-refractivity contribution in [3.63, 3.8) is 0 Å². The van der Waals surface area contributed by atoms with Crippen LogP contribution in [0.1, 0.15) is 20.8 Å². The van der Waals surface area contributed by atoms with Crippen molar-refractivity contribution in [1.82, 2.24) is 35.5 Å². The van der Waals surface area contributed by atoms with Gasteiger partial charge in [0, 0.05) is 43.6 Å². The first-order chi connectivity index (χ1) is 14.9. The van der Waals surface area contributed by atoms with Crippen LogP contribution in [0.15, 0.2) is 36.5 Å². The number of benzene rings is 1. The maximum absolute atomic E-state index is 12.2. The number of ether oxygens (including phenoxy) is 1. The molecule has 4 rings (SSSR count). The van der Waals surface area contributed by atoms with E-state index >= 15 is 0 Å². The zero-order valence-electron chi connectivity index (χ0n) is 17.7. The number of aromatic amines is 1. The van der Waals surface area contributed by atoms with Crippen LogP contribution in [0.5, 0.6) is 0 Å². The van der Waals surface area contributed by atoms with Crippen molar-refractivity contribution in [2.24, 2.45) is 0 Å². The number of aromatic nitrogens is 6. The Balaban J connectivity index is 1.36. The van der Waals surface area contributed by atoms with Gasteiger partial charge in [-0.05, 0) is 56.3 Å². The number of amides is 1. The number of hydrogen-bond acceptors (Lipinski definition) is 9. The molecule has 0 radical (unpaired) electrons. The predicted molar refractivity (Wildman–Crippen MR) is 115 cm³/mol. The van der Waals surface area contributed by atoms with E-state index in [0.29, 0.717) is 43.8 Å². The number of H-pyrrole nitrogens is 1. The summed E-state index contributed by atoms with van der Waals surface area (Å²) in [4.78, 5) is 25.0. The molecule has 2 aromatic heterocycles. The van der Waals surface area contributed by atoms with Gasteiger partial charge in [0.1, 0.15) is 11.4 Å². The molecule has 0 unspecified atom stereocenters. The summed E-state index contributed by atoms with van der Waals surface area (Å²) < 4.78 is 5.45. The molecule has 31 heavy (non-hydrogen) atoms. The second-order valence-electron chi connectivity index (χ2n) is 8.13. The van der Waals surface area contributed by atoms with Crippen LogP contribution in [0.3, 0.4) is 0 Å². The summed E-state index contributed by atoms with van der Waals surface area (Å²) in [6.07, 6.45) is 1.44.